The molecule has 156 valence electrons. The number of hydrogen-bond donors (Lipinski definition) is 1. The Bertz CT molecular complexity index is 850. The van der Waals surface area contributed by atoms with Crippen LogP contribution in [0.3, 0.4) is 0 Å². The predicted molar refractivity (Wildman–Crippen MR) is 111 cm³/mol. The summed E-state index contributed by atoms with van der Waals surface area (Å²) in [5.74, 6) is -0.721. The maximum atomic E-state index is 14.2. The highest BCUT2D eigenvalue weighted by Gasteiger charge is 2.29. The Labute approximate surface area is 175 Å². The molecule has 2 aromatic carbocycles. The Morgan fingerprint density at radius 2 is 1.76 bits per heavy atom. The van der Waals surface area contributed by atoms with Crippen LogP contribution in [-0.4, -0.2) is 34.9 Å². The lowest BCUT2D eigenvalue weighted by molar-refractivity contribution is -0.142. The maximum absolute atomic E-state index is 14.2. The molecule has 0 unspecified atom stereocenters. The van der Waals surface area contributed by atoms with Gasteiger partial charge in [0, 0.05) is 22.7 Å². The van der Waals surface area contributed by atoms with Gasteiger partial charge in [0.05, 0.1) is 0 Å². The van der Waals surface area contributed by atoms with Crippen molar-refractivity contribution in [2.45, 2.75) is 45.8 Å². The third kappa shape index (κ3) is 7.06. The fourth-order valence-corrected chi connectivity index (χ4v) is 2.75. The number of nitrogens with one attached hydrogen (secondary N) is 1. The van der Waals surface area contributed by atoms with Crippen molar-refractivity contribution in [3.8, 4) is 5.75 Å². The normalized spacial score (nSPS) is 12.2. The SMILES string of the molecule is C[C@H](C(=O)NC(C)(C)C)N(Cc1ccccc1F)C(=O)COc1ccc(Cl)cc1. The van der Waals surface area contributed by atoms with Gasteiger partial charge in [-0.25, -0.2) is 4.39 Å². The molecule has 29 heavy (non-hydrogen) atoms. The van der Waals surface area contributed by atoms with Gasteiger partial charge in [-0.1, -0.05) is 29.8 Å². The van der Waals surface area contributed by atoms with Crippen LogP contribution < -0.4 is 10.1 Å². The number of nitrogens with zero attached hydrogens (tertiary/aromatic N) is 1. The maximum Gasteiger partial charge on any atom is 0.261 e. The fourth-order valence-electron chi connectivity index (χ4n) is 2.63. The van der Waals surface area contributed by atoms with Crippen LogP contribution in [0.2, 0.25) is 5.02 Å². The Morgan fingerprint density at radius 1 is 1.14 bits per heavy atom. The molecule has 5 nitrogen and oxygen atoms in total. The second-order valence-corrected chi connectivity index (χ2v) is 8.21. The lowest BCUT2D eigenvalue weighted by Gasteiger charge is -2.31. The summed E-state index contributed by atoms with van der Waals surface area (Å²) in [7, 11) is 0. The molecule has 0 saturated heterocycles. The Balaban J connectivity index is 2.18. The molecule has 7 heteroatoms. The fraction of sp³-hybridized carbons (Fsp3) is 0.364. The minimum atomic E-state index is -0.810. The summed E-state index contributed by atoms with van der Waals surface area (Å²) in [6.45, 7) is 6.83. The quantitative estimate of drug-likeness (QED) is 0.730. The van der Waals surface area contributed by atoms with Gasteiger partial charge in [0.2, 0.25) is 5.91 Å². The monoisotopic (exact) mass is 420 g/mol. The predicted octanol–water partition coefficient (Wildman–Crippen LogP) is 4.19. The Hall–Kier alpha value is -2.60. The molecule has 0 aliphatic rings. The van der Waals surface area contributed by atoms with E-state index in [0.29, 0.717) is 16.3 Å². The summed E-state index contributed by atoms with van der Waals surface area (Å²) in [6, 6.07) is 12.0. The van der Waals surface area contributed by atoms with E-state index in [1.165, 1.54) is 11.0 Å². The smallest absolute Gasteiger partial charge is 0.261 e. The van der Waals surface area contributed by atoms with E-state index in [-0.39, 0.29) is 19.1 Å². The molecule has 0 spiro atoms. The van der Waals surface area contributed by atoms with Crippen LogP contribution >= 0.6 is 11.6 Å². The van der Waals surface area contributed by atoms with Crippen molar-refractivity contribution in [2.75, 3.05) is 6.61 Å². The zero-order chi connectivity index (χ0) is 21.6. The largest absolute Gasteiger partial charge is 0.484 e. The van der Waals surface area contributed by atoms with E-state index in [9.17, 15) is 14.0 Å². The Kier molecular flexibility index (Phi) is 7.62. The number of carbonyl (C=O) groups excluding carboxylic acids is 2. The first-order valence-electron chi connectivity index (χ1n) is 9.30. The average molecular weight is 421 g/mol. The highest BCUT2D eigenvalue weighted by atomic mass is 35.5. The van der Waals surface area contributed by atoms with Gasteiger partial charge in [-0.15, -0.1) is 0 Å². The summed E-state index contributed by atoms with van der Waals surface area (Å²) < 4.78 is 19.7. The molecule has 0 fully saturated rings. The molecule has 2 amide bonds. The van der Waals surface area contributed by atoms with E-state index in [0.717, 1.165) is 0 Å². The van der Waals surface area contributed by atoms with E-state index in [1.54, 1.807) is 49.4 Å². The molecule has 0 radical (unpaired) electrons. The summed E-state index contributed by atoms with van der Waals surface area (Å²) in [4.78, 5) is 26.8. The van der Waals surface area contributed by atoms with Gasteiger partial charge < -0.3 is 15.0 Å². The van der Waals surface area contributed by atoms with Crippen LogP contribution in [0.1, 0.15) is 33.3 Å². The number of hydrogen-bond acceptors (Lipinski definition) is 3. The van der Waals surface area contributed by atoms with Crippen LogP contribution in [-0.2, 0) is 16.1 Å². The summed E-state index contributed by atoms with van der Waals surface area (Å²) in [5.41, 5.74) is -0.138. The third-order valence-electron chi connectivity index (χ3n) is 4.14. The minimum absolute atomic E-state index is 0.0474. The summed E-state index contributed by atoms with van der Waals surface area (Å²) in [5, 5.41) is 3.41. The summed E-state index contributed by atoms with van der Waals surface area (Å²) >= 11 is 5.85. The molecular weight excluding hydrogens is 395 g/mol. The highest BCUT2D eigenvalue weighted by Crippen LogP contribution is 2.17. The zero-order valence-corrected chi connectivity index (χ0v) is 17.8. The van der Waals surface area contributed by atoms with Gasteiger partial charge in [-0.3, -0.25) is 9.59 Å². The number of ether oxygens (including phenoxy) is 1. The highest BCUT2D eigenvalue weighted by molar-refractivity contribution is 6.30. The van der Waals surface area contributed by atoms with Crippen LogP contribution in [0.25, 0.3) is 0 Å². The van der Waals surface area contributed by atoms with Crippen LogP contribution in [0, 0.1) is 5.82 Å². The molecular formula is C22H26ClFN2O3. The van der Waals surface area contributed by atoms with E-state index in [1.807, 2.05) is 20.8 Å². The van der Waals surface area contributed by atoms with Crippen molar-refractivity contribution in [2.24, 2.45) is 0 Å². The first kappa shape index (κ1) is 22.7. The zero-order valence-electron chi connectivity index (χ0n) is 17.0. The molecule has 1 atom stereocenters. The van der Waals surface area contributed by atoms with Gasteiger partial charge in [-0.05, 0) is 58.0 Å². The molecule has 1 N–H and O–H groups in total. The molecule has 0 bridgehead atoms. The first-order valence-corrected chi connectivity index (χ1v) is 9.68. The average Bonchev–Trinajstić information content (AvgIpc) is 2.65. The van der Waals surface area contributed by atoms with Crippen molar-refractivity contribution in [3.63, 3.8) is 0 Å². The minimum Gasteiger partial charge on any atom is -0.484 e. The number of rotatable bonds is 7. The number of benzene rings is 2. The lowest BCUT2D eigenvalue weighted by Crippen LogP contribution is -2.53. The topological polar surface area (TPSA) is 58.6 Å². The molecule has 0 aromatic heterocycles. The lowest BCUT2D eigenvalue weighted by atomic mass is 10.1. The van der Waals surface area contributed by atoms with Gasteiger partial charge in [0.1, 0.15) is 17.6 Å². The second-order valence-electron chi connectivity index (χ2n) is 7.77. The van der Waals surface area contributed by atoms with Crippen LogP contribution in [0.4, 0.5) is 4.39 Å². The number of halogens is 2. The third-order valence-corrected chi connectivity index (χ3v) is 4.39. The van der Waals surface area contributed by atoms with E-state index < -0.39 is 23.3 Å². The standard InChI is InChI=1S/C22H26ClFN2O3/c1-15(21(28)25-22(2,3)4)26(13-16-7-5-6-8-19(16)24)20(27)14-29-18-11-9-17(23)10-12-18/h5-12,15H,13-14H2,1-4H3,(H,25,28)/t15-/m1/s1. The van der Waals surface area contributed by atoms with Crippen molar-refractivity contribution < 1.29 is 18.7 Å². The molecule has 2 rings (SSSR count). The number of amides is 2. The molecule has 0 heterocycles. The van der Waals surface area contributed by atoms with Crippen LogP contribution in [0.5, 0.6) is 5.75 Å². The summed E-state index contributed by atoms with van der Waals surface area (Å²) in [6.07, 6.45) is 0. The number of carbonyl (C=O) groups is 2. The van der Waals surface area contributed by atoms with Crippen molar-refractivity contribution in [1.29, 1.82) is 0 Å². The van der Waals surface area contributed by atoms with Crippen molar-refractivity contribution in [3.05, 3.63) is 64.9 Å². The molecule has 0 aliphatic carbocycles. The van der Waals surface area contributed by atoms with Crippen molar-refractivity contribution >= 4 is 23.4 Å². The van der Waals surface area contributed by atoms with Crippen LogP contribution in [0.15, 0.2) is 48.5 Å². The molecule has 2 aromatic rings. The van der Waals surface area contributed by atoms with E-state index in [4.69, 9.17) is 16.3 Å². The molecule has 0 saturated carbocycles. The molecule has 0 aliphatic heterocycles. The van der Waals surface area contributed by atoms with Gasteiger partial charge in [0.15, 0.2) is 6.61 Å². The second kappa shape index (κ2) is 9.74. The van der Waals surface area contributed by atoms with Gasteiger partial charge in [0.25, 0.3) is 5.91 Å². The first-order chi connectivity index (χ1) is 13.6. The van der Waals surface area contributed by atoms with E-state index in [2.05, 4.69) is 5.32 Å². The Morgan fingerprint density at radius 3 is 2.34 bits per heavy atom. The van der Waals surface area contributed by atoms with Crippen molar-refractivity contribution in [1.82, 2.24) is 10.2 Å². The van der Waals surface area contributed by atoms with Gasteiger partial charge in [-0.2, -0.15) is 0 Å². The van der Waals surface area contributed by atoms with E-state index >= 15 is 0 Å². The van der Waals surface area contributed by atoms with Gasteiger partial charge >= 0.3 is 0 Å².